The zero-order valence-corrected chi connectivity index (χ0v) is 9.04. The number of carboxylic acids is 1. The second-order valence-corrected chi connectivity index (χ2v) is 4.72. The van der Waals surface area contributed by atoms with Gasteiger partial charge in [0.05, 0.1) is 5.37 Å². The number of nitrogens with one attached hydrogen (secondary N) is 1. The van der Waals surface area contributed by atoms with Crippen molar-refractivity contribution in [2.24, 2.45) is 0 Å². The normalized spacial score (nSPS) is 26.1. The molecule has 1 aromatic carbocycles. The highest BCUT2D eigenvalue weighted by molar-refractivity contribution is 7.99. The number of thioether (sulfide) groups is 1. The van der Waals surface area contributed by atoms with Gasteiger partial charge in [0.25, 0.3) is 0 Å². The van der Waals surface area contributed by atoms with Crippen LogP contribution in [0.2, 0.25) is 0 Å². The molecule has 2 rings (SSSR count). The predicted octanol–water partition coefficient (Wildman–Crippen LogP) is 1.86. The Hall–Kier alpha value is -1.00. The minimum Gasteiger partial charge on any atom is -0.480 e. The molecule has 2 atom stereocenters. The topological polar surface area (TPSA) is 49.3 Å². The Morgan fingerprint density at radius 1 is 1.40 bits per heavy atom. The molecule has 4 heteroatoms. The maximum Gasteiger partial charge on any atom is 0.320 e. The van der Waals surface area contributed by atoms with E-state index < -0.39 is 12.0 Å². The minimum atomic E-state index is -0.753. The standard InChI is InChI=1S/C11H13NO2S/c13-11(14)9-6-7-15-10(12-9)8-4-2-1-3-5-8/h1-5,9-10,12H,6-7H2,(H,13,14)/t9-,10-/m1/s1. The first-order chi connectivity index (χ1) is 7.27. The van der Waals surface area contributed by atoms with Crippen LogP contribution in [0.5, 0.6) is 0 Å². The Morgan fingerprint density at radius 3 is 2.80 bits per heavy atom. The number of benzene rings is 1. The molecule has 1 aliphatic rings. The third kappa shape index (κ3) is 2.52. The lowest BCUT2D eigenvalue weighted by atomic mass is 10.1. The van der Waals surface area contributed by atoms with E-state index in [0.717, 1.165) is 11.3 Å². The van der Waals surface area contributed by atoms with Gasteiger partial charge in [-0.1, -0.05) is 30.3 Å². The second-order valence-electron chi connectivity index (χ2n) is 3.51. The molecule has 1 fully saturated rings. The van der Waals surface area contributed by atoms with Crippen molar-refractivity contribution in [2.45, 2.75) is 17.8 Å². The third-order valence-electron chi connectivity index (χ3n) is 2.44. The van der Waals surface area contributed by atoms with Crippen molar-refractivity contribution in [1.82, 2.24) is 5.32 Å². The van der Waals surface area contributed by atoms with Crippen molar-refractivity contribution in [3.8, 4) is 0 Å². The molecule has 0 unspecified atom stereocenters. The smallest absolute Gasteiger partial charge is 0.320 e. The van der Waals surface area contributed by atoms with Gasteiger partial charge in [0.2, 0.25) is 0 Å². The summed E-state index contributed by atoms with van der Waals surface area (Å²) in [6.45, 7) is 0. The zero-order valence-electron chi connectivity index (χ0n) is 8.22. The molecule has 0 radical (unpaired) electrons. The van der Waals surface area contributed by atoms with Gasteiger partial charge in [-0.15, -0.1) is 11.8 Å². The van der Waals surface area contributed by atoms with E-state index in [-0.39, 0.29) is 5.37 Å². The van der Waals surface area contributed by atoms with E-state index in [0.29, 0.717) is 6.42 Å². The average Bonchev–Trinajstić information content (AvgIpc) is 2.30. The van der Waals surface area contributed by atoms with Crippen LogP contribution in [0.4, 0.5) is 0 Å². The summed E-state index contributed by atoms with van der Waals surface area (Å²) in [6, 6.07) is 9.55. The Kier molecular flexibility index (Phi) is 3.28. The number of carbonyl (C=O) groups is 1. The fourth-order valence-electron chi connectivity index (χ4n) is 1.63. The summed E-state index contributed by atoms with van der Waals surface area (Å²) in [5, 5.41) is 12.2. The highest BCUT2D eigenvalue weighted by atomic mass is 32.2. The van der Waals surface area contributed by atoms with Crippen LogP contribution in [0.25, 0.3) is 0 Å². The Balaban J connectivity index is 2.08. The molecular weight excluding hydrogens is 210 g/mol. The Labute approximate surface area is 92.9 Å². The van der Waals surface area contributed by atoms with Gasteiger partial charge in [-0.2, -0.15) is 0 Å². The molecule has 2 N–H and O–H groups in total. The van der Waals surface area contributed by atoms with Crippen molar-refractivity contribution in [1.29, 1.82) is 0 Å². The van der Waals surface area contributed by atoms with E-state index in [9.17, 15) is 4.79 Å². The molecule has 0 aromatic heterocycles. The van der Waals surface area contributed by atoms with E-state index in [1.54, 1.807) is 11.8 Å². The summed E-state index contributed by atoms with van der Waals surface area (Å²) in [7, 11) is 0. The zero-order chi connectivity index (χ0) is 10.7. The van der Waals surface area contributed by atoms with Gasteiger partial charge in [-0.3, -0.25) is 10.1 Å². The summed E-state index contributed by atoms with van der Waals surface area (Å²) >= 11 is 1.76. The molecule has 0 amide bonds. The van der Waals surface area contributed by atoms with Crippen LogP contribution in [0.1, 0.15) is 17.4 Å². The molecule has 0 bridgehead atoms. The van der Waals surface area contributed by atoms with Crippen LogP contribution in [-0.2, 0) is 4.79 Å². The van der Waals surface area contributed by atoms with Crippen LogP contribution in [-0.4, -0.2) is 22.9 Å². The molecule has 0 spiro atoms. The predicted molar refractivity (Wildman–Crippen MR) is 60.8 cm³/mol. The number of hydrogen-bond donors (Lipinski definition) is 2. The van der Waals surface area contributed by atoms with Gasteiger partial charge < -0.3 is 5.11 Å². The minimum absolute atomic E-state index is 0.112. The molecule has 15 heavy (non-hydrogen) atoms. The highest BCUT2D eigenvalue weighted by Gasteiger charge is 2.26. The quantitative estimate of drug-likeness (QED) is 0.803. The number of aliphatic carboxylic acids is 1. The van der Waals surface area contributed by atoms with Crippen molar-refractivity contribution >= 4 is 17.7 Å². The number of carboxylic acid groups (broad SMARTS) is 1. The molecule has 0 aliphatic carbocycles. The van der Waals surface area contributed by atoms with Gasteiger partial charge in [0, 0.05) is 0 Å². The first-order valence-electron chi connectivity index (χ1n) is 4.93. The van der Waals surface area contributed by atoms with E-state index in [1.165, 1.54) is 0 Å². The van der Waals surface area contributed by atoms with E-state index >= 15 is 0 Å². The van der Waals surface area contributed by atoms with Gasteiger partial charge in [-0.25, -0.2) is 0 Å². The fourth-order valence-corrected chi connectivity index (χ4v) is 2.85. The Bertz CT molecular complexity index is 342. The summed E-state index contributed by atoms with van der Waals surface area (Å²) in [5.41, 5.74) is 1.15. The lowest BCUT2D eigenvalue weighted by molar-refractivity contribution is -0.139. The first-order valence-corrected chi connectivity index (χ1v) is 5.97. The summed E-state index contributed by atoms with van der Waals surface area (Å²) in [5.74, 6) is 0.139. The highest BCUT2D eigenvalue weighted by Crippen LogP contribution is 2.31. The maximum atomic E-state index is 10.9. The van der Waals surface area contributed by atoms with E-state index in [1.807, 2.05) is 30.3 Å². The maximum absolute atomic E-state index is 10.9. The summed E-state index contributed by atoms with van der Waals surface area (Å²) in [4.78, 5) is 10.9. The van der Waals surface area contributed by atoms with Gasteiger partial charge in [-0.05, 0) is 17.7 Å². The lowest BCUT2D eigenvalue weighted by Crippen LogP contribution is -2.41. The first kappa shape index (κ1) is 10.5. The van der Waals surface area contributed by atoms with E-state index in [4.69, 9.17) is 5.11 Å². The van der Waals surface area contributed by atoms with Gasteiger partial charge in [0.1, 0.15) is 6.04 Å². The van der Waals surface area contributed by atoms with Crippen LogP contribution in [0, 0.1) is 0 Å². The van der Waals surface area contributed by atoms with Gasteiger partial charge >= 0.3 is 5.97 Å². The van der Waals surface area contributed by atoms with Crippen LogP contribution < -0.4 is 5.32 Å². The molecule has 3 nitrogen and oxygen atoms in total. The van der Waals surface area contributed by atoms with Crippen molar-refractivity contribution in [3.05, 3.63) is 35.9 Å². The SMILES string of the molecule is O=C(O)[C@H]1CCS[C@H](c2ccccc2)N1. The molecule has 1 aromatic rings. The lowest BCUT2D eigenvalue weighted by Gasteiger charge is -2.28. The van der Waals surface area contributed by atoms with Crippen LogP contribution in [0.15, 0.2) is 30.3 Å². The Morgan fingerprint density at radius 2 is 2.13 bits per heavy atom. The second kappa shape index (κ2) is 4.68. The molecule has 0 saturated carbocycles. The summed E-state index contributed by atoms with van der Waals surface area (Å²) < 4.78 is 0. The monoisotopic (exact) mass is 223 g/mol. The van der Waals surface area contributed by atoms with Crippen molar-refractivity contribution in [2.75, 3.05) is 5.75 Å². The molecule has 1 heterocycles. The third-order valence-corrected chi connectivity index (χ3v) is 3.66. The largest absolute Gasteiger partial charge is 0.480 e. The average molecular weight is 223 g/mol. The van der Waals surface area contributed by atoms with Crippen molar-refractivity contribution in [3.63, 3.8) is 0 Å². The van der Waals surface area contributed by atoms with Gasteiger partial charge in [0.15, 0.2) is 0 Å². The van der Waals surface area contributed by atoms with Crippen LogP contribution >= 0.6 is 11.8 Å². The summed E-state index contributed by atoms with van der Waals surface area (Å²) in [6.07, 6.45) is 0.698. The van der Waals surface area contributed by atoms with E-state index in [2.05, 4.69) is 5.32 Å². The molecular formula is C11H13NO2S. The van der Waals surface area contributed by atoms with Crippen molar-refractivity contribution < 1.29 is 9.90 Å². The fraction of sp³-hybridized carbons (Fsp3) is 0.364. The number of rotatable bonds is 2. The van der Waals surface area contributed by atoms with Crippen LogP contribution in [0.3, 0.4) is 0 Å². The molecule has 80 valence electrons. The number of hydrogen-bond acceptors (Lipinski definition) is 3. The molecule has 1 saturated heterocycles. The molecule has 1 aliphatic heterocycles.